The smallest absolute Gasteiger partial charge is 0.339 e. The number of rotatable bonds is 3. The van der Waals surface area contributed by atoms with Gasteiger partial charge in [0, 0.05) is 5.56 Å². The van der Waals surface area contributed by atoms with E-state index in [0.29, 0.717) is 14.8 Å². The van der Waals surface area contributed by atoms with E-state index in [1.807, 2.05) is 22.6 Å². The van der Waals surface area contributed by atoms with E-state index in [4.69, 9.17) is 0 Å². The number of carbonyl (C=O) groups is 2. The van der Waals surface area contributed by atoms with Gasteiger partial charge in [-0.05, 0) is 52.9 Å². The molecule has 0 spiro atoms. The zero-order valence-electron chi connectivity index (χ0n) is 11.1. The van der Waals surface area contributed by atoms with E-state index in [2.05, 4.69) is 10.1 Å². The first-order chi connectivity index (χ1) is 10.0. The predicted octanol–water partition coefficient (Wildman–Crippen LogP) is 3.04. The van der Waals surface area contributed by atoms with Crippen molar-refractivity contribution in [2.45, 2.75) is 0 Å². The Kier molecular flexibility index (Phi) is 4.79. The van der Waals surface area contributed by atoms with Crippen molar-refractivity contribution in [1.29, 1.82) is 0 Å². The summed E-state index contributed by atoms with van der Waals surface area (Å²) < 4.78 is 5.32. The van der Waals surface area contributed by atoms with Crippen LogP contribution in [0.25, 0.3) is 0 Å². The Morgan fingerprint density at radius 3 is 2.57 bits per heavy atom. The summed E-state index contributed by atoms with van der Waals surface area (Å²) in [6.07, 6.45) is 0. The Hall–Kier alpha value is -2.09. The summed E-state index contributed by atoms with van der Waals surface area (Å²) in [5, 5.41) is 12.3. The van der Waals surface area contributed by atoms with Crippen molar-refractivity contribution in [3.63, 3.8) is 0 Å². The Bertz CT molecular complexity index is 700. The van der Waals surface area contributed by atoms with Crippen LogP contribution in [0.2, 0.25) is 0 Å². The molecule has 6 heteroatoms. The van der Waals surface area contributed by atoms with E-state index in [0.717, 1.165) is 0 Å². The number of aromatic hydroxyl groups is 1. The zero-order chi connectivity index (χ0) is 15.4. The molecular formula is C15H12INO4. The van der Waals surface area contributed by atoms with Crippen molar-refractivity contribution < 1.29 is 19.4 Å². The number of carbonyl (C=O) groups excluding carboxylic acids is 2. The summed E-state index contributed by atoms with van der Waals surface area (Å²) in [7, 11) is 1.28. The van der Waals surface area contributed by atoms with Crippen molar-refractivity contribution in [3.8, 4) is 5.75 Å². The summed E-state index contributed by atoms with van der Waals surface area (Å²) in [6.45, 7) is 0. The molecule has 0 saturated carbocycles. The van der Waals surface area contributed by atoms with Crippen LogP contribution in [0, 0.1) is 3.57 Å². The molecule has 0 fully saturated rings. The minimum absolute atomic E-state index is 0.0319. The van der Waals surface area contributed by atoms with Crippen molar-refractivity contribution in [2.75, 3.05) is 12.4 Å². The highest BCUT2D eigenvalue weighted by Gasteiger charge is 2.14. The maximum absolute atomic E-state index is 12.2. The molecule has 1 amide bonds. The Morgan fingerprint density at radius 2 is 1.90 bits per heavy atom. The van der Waals surface area contributed by atoms with Crippen LogP contribution in [-0.2, 0) is 4.74 Å². The van der Waals surface area contributed by atoms with Gasteiger partial charge in [-0.3, -0.25) is 4.79 Å². The third-order valence-corrected chi connectivity index (χ3v) is 3.70. The third kappa shape index (κ3) is 3.52. The Labute approximate surface area is 135 Å². The number of nitrogens with one attached hydrogen (secondary N) is 1. The molecule has 0 heterocycles. The van der Waals surface area contributed by atoms with Crippen LogP contribution in [0.1, 0.15) is 20.7 Å². The molecule has 0 bridgehead atoms. The van der Waals surface area contributed by atoms with Crippen molar-refractivity contribution >= 4 is 40.2 Å². The number of methoxy groups -OCH3 is 1. The molecule has 0 saturated heterocycles. The van der Waals surface area contributed by atoms with Crippen LogP contribution < -0.4 is 5.32 Å². The third-order valence-electron chi connectivity index (χ3n) is 2.79. The number of hydrogen-bond acceptors (Lipinski definition) is 4. The normalized spacial score (nSPS) is 10.0. The molecule has 2 aromatic rings. The lowest BCUT2D eigenvalue weighted by Gasteiger charge is -2.10. The molecule has 2 N–H and O–H groups in total. The van der Waals surface area contributed by atoms with Gasteiger partial charge < -0.3 is 15.2 Å². The van der Waals surface area contributed by atoms with Gasteiger partial charge in [-0.2, -0.15) is 0 Å². The molecule has 0 aliphatic carbocycles. The summed E-state index contributed by atoms with van der Waals surface area (Å²) >= 11 is 1.96. The van der Waals surface area contributed by atoms with Crippen LogP contribution in [0.3, 0.4) is 0 Å². The summed E-state index contributed by atoms with van der Waals surface area (Å²) in [6, 6.07) is 11.2. The van der Waals surface area contributed by atoms with Crippen LogP contribution in [0.15, 0.2) is 42.5 Å². The first-order valence-corrected chi connectivity index (χ1v) is 7.08. The molecule has 5 nitrogen and oxygen atoms in total. The lowest BCUT2D eigenvalue weighted by Crippen LogP contribution is -2.15. The van der Waals surface area contributed by atoms with E-state index < -0.39 is 11.9 Å². The minimum atomic E-state index is -0.531. The van der Waals surface area contributed by atoms with E-state index >= 15 is 0 Å². The number of phenolic OH excluding ortho intramolecular Hbond substituents is 1. The summed E-state index contributed by atoms with van der Waals surface area (Å²) in [5.74, 6) is -0.918. The number of benzene rings is 2. The fourth-order valence-electron chi connectivity index (χ4n) is 1.73. The second kappa shape index (κ2) is 6.57. The average molecular weight is 397 g/mol. The van der Waals surface area contributed by atoms with Gasteiger partial charge in [0.25, 0.3) is 5.91 Å². The van der Waals surface area contributed by atoms with Crippen LogP contribution >= 0.6 is 22.6 Å². The number of phenols is 1. The highest BCUT2D eigenvalue weighted by molar-refractivity contribution is 14.1. The van der Waals surface area contributed by atoms with E-state index in [9.17, 15) is 14.7 Å². The van der Waals surface area contributed by atoms with Gasteiger partial charge in [0.1, 0.15) is 5.75 Å². The number of ether oxygens (including phenoxy) is 1. The number of halogens is 1. The first-order valence-electron chi connectivity index (χ1n) is 6.00. The SMILES string of the molecule is COC(=O)c1ccccc1NC(=O)c1ccc(I)c(O)c1. The summed E-state index contributed by atoms with van der Waals surface area (Å²) in [5.41, 5.74) is 0.919. The fraction of sp³-hybridized carbons (Fsp3) is 0.0667. The van der Waals surface area contributed by atoms with Crippen LogP contribution in [0.5, 0.6) is 5.75 Å². The zero-order valence-corrected chi connectivity index (χ0v) is 13.2. The number of esters is 1. The average Bonchev–Trinajstić information content (AvgIpc) is 2.49. The van der Waals surface area contributed by atoms with Gasteiger partial charge in [0.2, 0.25) is 0 Å². The number of para-hydroxylation sites is 1. The Balaban J connectivity index is 2.27. The van der Waals surface area contributed by atoms with E-state index in [1.165, 1.54) is 13.2 Å². The van der Waals surface area contributed by atoms with E-state index in [-0.39, 0.29) is 11.3 Å². The van der Waals surface area contributed by atoms with Gasteiger partial charge >= 0.3 is 5.97 Å². The molecule has 0 atom stereocenters. The quantitative estimate of drug-likeness (QED) is 0.617. The topological polar surface area (TPSA) is 75.6 Å². The predicted molar refractivity (Wildman–Crippen MR) is 86.6 cm³/mol. The number of hydrogen-bond donors (Lipinski definition) is 2. The van der Waals surface area contributed by atoms with Crippen molar-refractivity contribution in [2.24, 2.45) is 0 Å². The standard InChI is InChI=1S/C15H12INO4/c1-21-15(20)10-4-2-3-5-12(10)17-14(19)9-6-7-11(16)13(18)8-9/h2-8,18H,1H3,(H,17,19). The summed E-state index contributed by atoms with van der Waals surface area (Å²) in [4.78, 5) is 23.8. The van der Waals surface area contributed by atoms with Crippen LogP contribution in [-0.4, -0.2) is 24.1 Å². The van der Waals surface area contributed by atoms with Crippen molar-refractivity contribution in [3.05, 3.63) is 57.2 Å². The highest BCUT2D eigenvalue weighted by atomic mass is 127. The van der Waals surface area contributed by atoms with Gasteiger partial charge in [-0.1, -0.05) is 12.1 Å². The van der Waals surface area contributed by atoms with E-state index in [1.54, 1.807) is 36.4 Å². The van der Waals surface area contributed by atoms with Gasteiger partial charge in [0.15, 0.2) is 0 Å². The second-order valence-electron chi connectivity index (χ2n) is 4.16. The molecular weight excluding hydrogens is 385 g/mol. The van der Waals surface area contributed by atoms with Gasteiger partial charge in [0.05, 0.1) is 21.9 Å². The maximum Gasteiger partial charge on any atom is 0.339 e. The molecule has 2 aromatic carbocycles. The van der Waals surface area contributed by atoms with Gasteiger partial charge in [-0.25, -0.2) is 4.79 Å². The molecule has 0 aliphatic rings. The molecule has 108 valence electrons. The number of amides is 1. The highest BCUT2D eigenvalue weighted by Crippen LogP contribution is 2.22. The lowest BCUT2D eigenvalue weighted by molar-refractivity contribution is 0.0602. The second-order valence-corrected chi connectivity index (χ2v) is 5.32. The molecule has 0 aliphatic heterocycles. The van der Waals surface area contributed by atoms with Crippen molar-refractivity contribution in [1.82, 2.24) is 0 Å². The lowest BCUT2D eigenvalue weighted by atomic mass is 10.1. The minimum Gasteiger partial charge on any atom is -0.507 e. The molecule has 0 unspecified atom stereocenters. The number of anilines is 1. The fourth-order valence-corrected chi connectivity index (χ4v) is 2.06. The molecule has 0 aromatic heterocycles. The molecule has 21 heavy (non-hydrogen) atoms. The van der Waals surface area contributed by atoms with Crippen LogP contribution in [0.4, 0.5) is 5.69 Å². The largest absolute Gasteiger partial charge is 0.507 e. The maximum atomic E-state index is 12.2. The Morgan fingerprint density at radius 1 is 1.19 bits per heavy atom. The monoisotopic (exact) mass is 397 g/mol. The first kappa shape index (κ1) is 15.3. The molecule has 0 radical (unpaired) electrons. The van der Waals surface area contributed by atoms with Gasteiger partial charge in [-0.15, -0.1) is 0 Å². The molecule has 2 rings (SSSR count).